The van der Waals surface area contributed by atoms with Gasteiger partial charge in [-0.1, -0.05) is 43.6 Å². The van der Waals surface area contributed by atoms with Gasteiger partial charge in [0.2, 0.25) is 0 Å². The number of nitrogens with two attached hydrogens (primary N) is 1. The molecular weight excluding hydrogens is 232 g/mol. The number of hydrogen-bond acceptors (Lipinski definition) is 2. The summed E-state index contributed by atoms with van der Waals surface area (Å²) in [6, 6.07) is 8.00. The fourth-order valence-corrected chi connectivity index (χ4v) is 2.14. The molecule has 1 aromatic carbocycles. The van der Waals surface area contributed by atoms with Gasteiger partial charge in [0, 0.05) is 18.1 Å². The molecule has 0 bridgehead atoms. The van der Waals surface area contributed by atoms with E-state index in [1.54, 1.807) is 0 Å². The average Bonchev–Trinajstić information content (AvgIpc) is 2.28. The van der Waals surface area contributed by atoms with Gasteiger partial charge in [0.15, 0.2) is 0 Å². The highest BCUT2D eigenvalue weighted by Gasteiger charge is 2.14. The Morgan fingerprint density at radius 3 is 2.47 bits per heavy atom. The van der Waals surface area contributed by atoms with Crippen molar-refractivity contribution in [2.45, 2.75) is 20.4 Å². The largest absolute Gasteiger partial charge is 0.330 e. The summed E-state index contributed by atoms with van der Waals surface area (Å²) in [7, 11) is 2.12. The molecule has 1 aromatic rings. The zero-order valence-corrected chi connectivity index (χ0v) is 11.7. The van der Waals surface area contributed by atoms with Gasteiger partial charge in [0.05, 0.1) is 0 Å². The lowest BCUT2D eigenvalue weighted by Gasteiger charge is -2.26. The topological polar surface area (TPSA) is 29.3 Å². The van der Waals surface area contributed by atoms with Crippen LogP contribution in [0.1, 0.15) is 19.4 Å². The monoisotopic (exact) mass is 254 g/mol. The number of halogens is 1. The first-order chi connectivity index (χ1) is 8.04. The van der Waals surface area contributed by atoms with Crippen molar-refractivity contribution in [3.8, 4) is 0 Å². The van der Waals surface area contributed by atoms with Crippen LogP contribution < -0.4 is 5.73 Å². The van der Waals surface area contributed by atoms with Crippen molar-refractivity contribution in [3.63, 3.8) is 0 Å². The maximum Gasteiger partial charge on any atom is 0.0451 e. The van der Waals surface area contributed by atoms with Crippen LogP contribution in [-0.4, -0.2) is 25.0 Å². The number of benzene rings is 1. The predicted molar refractivity (Wildman–Crippen MR) is 75.2 cm³/mol. The fraction of sp³-hybridized carbons (Fsp3) is 0.571. The summed E-state index contributed by atoms with van der Waals surface area (Å²) in [5.41, 5.74) is 6.97. The van der Waals surface area contributed by atoms with Crippen molar-refractivity contribution >= 4 is 11.6 Å². The number of nitrogens with zero attached hydrogens (tertiary/aromatic N) is 1. The van der Waals surface area contributed by atoms with E-state index in [0.717, 1.165) is 24.7 Å². The Balaban J connectivity index is 2.55. The van der Waals surface area contributed by atoms with E-state index in [9.17, 15) is 0 Å². The van der Waals surface area contributed by atoms with Crippen LogP contribution in [0.15, 0.2) is 24.3 Å². The first-order valence-corrected chi connectivity index (χ1v) is 6.54. The normalized spacial score (nSPS) is 13.4. The molecule has 17 heavy (non-hydrogen) atoms. The maximum atomic E-state index is 6.15. The second kappa shape index (κ2) is 7.00. The summed E-state index contributed by atoms with van der Waals surface area (Å²) >= 11 is 6.15. The molecule has 0 fully saturated rings. The molecule has 3 heteroatoms. The lowest BCUT2D eigenvalue weighted by molar-refractivity contribution is 0.234. The second-order valence-electron chi connectivity index (χ2n) is 5.03. The van der Waals surface area contributed by atoms with E-state index in [0.29, 0.717) is 11.8 Å². The molecule has 1 rings (SSSR count). The van der Waals surface area contributed by atoms with Gasteiger partial charge in [-0.15, -0.1) is 0 Å². The van der Waals surface area contributed by atoms with Gasteiger partial charge in [0.1, 0.15) is 0 Å². The van der Waals surface area contributed by atoms with E-state index in [4.69, 9.17) is 17.3 Å². The first-order valence-electron chi connectivity index (χ1n) is 6.16. The first kappa shape index (κ1) is 14.5. The molecule has 0 saturated carbocycles. The zero-order chi connectivity index (χ0) is 12.8. The third kappa shape index (κ3) is 4.66. The molecule has 2 N–H and O–H groups in total. The van der Waals surface area contributed by atoms with E-state index in [-0.39, 0.29) is 0 Å². The Hall–Kier alpha value is -0.570. The van der Waals surface area contributed by atoms with Crippen molar-refractivity contribution in [3.05, 3.63) is 34.9 Å². The Bertz CT molecular complexity index is 339. The summed E-state index contributed by atoms with van der Waals surface area (Å²) in [5.74, 6) is 1.16. The SMILES string of the molecule is CC(C)C(CN)CN(C)Cc1ccccc1Cl. The van der Waals surface area contributed by atoms with Crippen LogP contribution in [0.25, 0.3) is 0 Å². The van der Waals surface area contributed by atoms with E-state index in [1.807, 2.05) is 18.2 Å². The van der Waals surface area contributed by atoms with E-state index in [1.165, 1.54) is 5.56 Å². The quantitative estimate of drug-likeness (QED) is 0.846. The smallest absolute Gasteiger partial charge is 0.0451 e. The molecule has 0 aliphatic carbocycles. The minimum absolute atomic E-state index is 0.544. The Labute approximate surface area is 110 Å². The molecule has 1 unspecified atom stereocenters. The van der Waals surface area contributed by atoms with Crippen LogP contribution in [0.5, 0.6) is 0 Å². The van der Waals surface area contributed by atoms with Gasteiger partial charge < -0.3 is 10.6 Å². The summed E-state index contributed by atoms with van der Waals surface area (Å²) < 4.78 is 0. The molecule has 0 amide bonds. The minimum atomic E-state index is 0.544. The Morgan fingerprint density at radius 2 is 1.94 bits per heavy atom. The molecule has 0 radical (unpaired) electrons. The second-order valence-corrected chi connectivity index (χ2v) is 5.44. The molecule has 0 saturated heterocycles. The van der Waals surface area contributed by atoms with E-state index >= 15 is 0 Å². The molecule has 1 atom stereocenters. The van der Waals surface area contributed by atoms with Crippen LogP contribution >= 0.6 is 11.6 Å². The van der Waals surface area contributed by atoms with Crippen LogP contribution in [0, 0.1) is 11.8 Å². The van der Waals surface area contributed by atoms with Gasteiger partial charge >= 0.3 is 0 Å². The van der Waals surface area contributed by atoms with Crippen molar-refractivity contribution < 1.29 is 0 Å². The van der Waals surface area contributed by atoms with Gasteiger partial charge in [-0.3, -0.25) is 0 Å². The zero-order valence-electron chi connectivity index (χ0n) is 11.0. The van der Waals surface area contributed by atoms with Gasteiger partial charge in [-0.2, -0.15) is 0 Å². The molecule has 2 nitrogen and oxygen atoms in total. The lowest BCUT2D eigenvalue weighted by atomic mass is 9.95. The highest BCUT2D eigenvalue weighted by molar-refractivity contribution is 6.31. The number of rotatable bonds is 6. The highest BCUT2D eigenvalue weighted by Crippen LogP contribution is 2.18. The maximum absolute atomic E-state index is 6.15. The third-order valence-corrected chi connectivity index (χ3v) is 3.56. The number of hydrogen-bond donors (Lipinski definition) is 1. The Kier molecular flexibility index (Phi) is 5.96. The highest BCUT2D eigenvalue weighted by atomic mass is 35.5. The molecule has 0 aromatic heterocycles. The van der Waals surface area contributed by atoms with Crippen molar-refractivity contribution in [1.29, 1.82) is 0 Å². The van der Waals surface area contributed by atoms with Crippen LogP contribution in [0.3, 0.4) is 0 Å². The van der Waals surface area contributed by atoms with Crippen LogP contribution in [0.2, 0.25) is 5.02 Å². The molecule has 0 aliphatic heterocycles. The lowest BCUT2D eigenvalue weighted by Crippen LogP contribution is -2.33. The van der Waals surface area contributed by atoms with Crippen molar-refractivity contribution in [1.82, 2.24) is 4.90 Å². The van der Waals surface area contributed by atoms with E-state index < -0.39 is 0 Å². The molecule has 0 heterocycles. The van der Waals surface area contributed by atoms with Gasteiger partial charge in [-0.05, 0) is 37.1 Å². The minimum Gasteiger partial charge on any atom is -0.330 e. The molecule has 96 valence electrons. The summed E-state index contributed by atoms with van der Waals surface area (Å²) in [6.45, 7) is 7.08. The van der Waals surface area contributed by atoms with Gasteiger partial charge in [0.25, 0.3) is 0 Å². The van der Waals surface area contributed by atoms with Crippen LogP contribution in [0.4, 0.5) is 0 Å². The predicted octanol–water partition coefficient (Wildman–Crippen LogP) is 3.00. The van der Waals surface area contributed by atoms with Crippen molar-refractivity contribution in [2.24, 2.45) is 17.6 Å². The fourth-order valence-electron chi connectivity index (χ4n) is 1.94. The summed E-state index contributed by atoms with van der Waals surface area (Å²) in [6.07, 6.45) is 0. The molecule has 0 spiro atoms. The standard InChI is InChI=1S/C14H23ClN2/c1-11(2)13(8-16)10-17(3)9-12-6-4-5-7-14(12)15/h4-7,11,13H,8-10,16H2,1-3H3. The third-order valence-electron chi connectivity index (χ3n) is 3.19. The summed E-state index contributed by atoms with van der Waals surface area (Å²) in [4.78, 5) is 2.29. The Morgan fingerprint density at radius 1 is 1.29 bits per heavy atom. The van der Waals surface area contributed by atoms with Crippen molar-refractivity contribution in [2.75, 3.05) is 20.1 Å². The summed E-state index contributed by atoms with van der Waals surface area (Å²) in [5, 5.41) is 0.841. The van der Waals surface area contributed by atoms with E-state index in [2.05, 4.69) is 31.9 Å². The molecule has 0 aliphatic rings. The molecular formula is C14H23ClN2. The van der Waals surface area contributed by atoms with Gasteiger partial charge in [-0.25, -0.2) is 0 Å². The van der Waals surface area contributed by atoms with Crippen LogP contribution in [-0.2, 0) is 6.54 Å². The average molecular weight is 255 g/mol.